The average Bonchev–Trinajstić information content (AvgIpc) is 2.93. The minimum atomic E-state index is 0.621. The first kappa shape index (κ1) is 14.6. The van der Waals surface area contributed by atoms with E-state index >= 15 is 0 Å². The van der Waals surface area contributed by atoms with Crippen LogP contribution in [0.4, 0.5) is 0 Å². The summed E-state index contributed by atoms with van der Waals surface area (Å²) in [6.45, 7) is 1.53. The van der Waals surface area contributed by atoms with Crippen molar-refractivity contribution in [2.24, 2.45) is 0 Å². The molecule has 1 N–H and O–H groups in total. The Bertz CT molecular complexity index is 753. The molecule has 0 radical (unpaired) electrons. The fraction of sp³-hybridized carbons (Fsp3) is 0.176. The number of thiophene rings is 1. The van der Waals surface area contributed by atoms with Gasteiger partial charge in [0.2, 0.25) is 0 Å². The zero-order chi connectivity index (χ0) is 14.7. The number of rotatable bonds is 5. The second kappa shape index (κ2) is 6.60. The van der Waals surface area contributed by atoms with Crippen LogP contribution in [0.15, 0.2) is 53.0 Å². The van der Waals surface area contributed by atoms with Gasteiger partial charge in [-0.2, -0.15) is 0 Å². The van der Waals surface area contributed by atoms with Gasteiger partial charge in [-0.05, 0) is 54.2 Å². The van der Waals surface area contributed by atoms with Gasteiger partial charge in [0.05, 0.1) is 0 Å². The van der Waals surface area contributed by atoms with Gasteiger partial charge in [0.15, 0.2) is 0 Å². The van der Waals surface area contributed by atoms with Gasteiger partial charge in [-0.15, -0.1) is 11.3 Å². The maximum Gasteiger partial charge on any atom is 0.122 e. The van der Waals surface area contributed by atoms with E-state index in [4.69, 9.17) is 4.74 Å². The van der Waals surface area contributed by atoms with Gasteiger partial charge in [0.1, 0.15) is 12.4 Å². The molecule has 0 unspecified atom stereocenters. The van der Waals surface area contributed by atoms with Gasteiger partial charge in [-0.25, -0.2) is 0 Å². The van der Waals surface area contributed by atoms with Crippen molar-refractivity contribution in [3.63, 3.8) is 0 Å². The molecule has 0 fully saturated rings. The number of hydrogen-bond donors (Lipinski definition) is 1. The number of nitrogens with one attached hydrogen (secondary N) is 1. The first-order valence-corrected chi connectivity index (χ1v) is 8.40. The zero-order valence-electron chi connectivity index (χ0n) is 11.7. The lowest BCUT2D eigenvalue weighted by molar-refractivity contribution is 0.310. The molecule has 4 heteroatoms. The highest BCUT2D eigenvalue weighted by atomic mass is 79.9. The Morgan fingerprint density at radius 1 is 1.00 bits per heavy atom. The average molecular weight is 362 g/mol. The molecule has 0 bridgehead atoms. The number of fused-ring (bicyclic) bond motifs is 1. The molecule has 0 saturated heterocycles. The van der Waals surface area contributed by atoms with E-state index in [1.807, 2.05) is 13.1 Å². The molecule has 0 aliphatic heterocycles. The maximum absolute atomic E-state index is 5.90. The lowest BCUT2D eigenvalue weighted by Gasteiger charge is -2.06. The van der Waals surface area contributed by atoms with Crippen LogP contribution in [0, 0.1) is 0 Å². The maximum atomic E-state index is 5.90. The van der Waals surface area contributed by atoms with Gasteiger partial charge in [-0.1, -0.05) is 28.1 Å². The summed E-state index contributed by atoms with van der Waals surface area (Å²) in [7, 11) is 1.96. The Kier molecular flexibility index (Phi) is 4.58. The molecule has 2 aromatic carbocycles. The smallest absolute Gasteiger partial charge is 0.122 e. The van der Waals surface area contributed by atoms with E-state index in [9.17, 15) is 0 Å². The van der Waals surface area contributed by atoms with Crippen LogP contribution < -0.4 is 10.1 Å². The molecule has 0 spiro atoms. The van der Waals surface area contributed by atoms with Crippen molar-refractivity contribution in [3.05, 3.63) is 62.8 Å². The summed E-state index contributed by atoms with van der Waals surface area (Å²) < 4.78 is 7.00. The lowest BCUT2D eigenvalue weighted by Crippen LogP contribution is -2.02. The molecule has 0 aliphatic carbocycles. The largest absolute Gasteiger partial charge is 0.488 e. The highest BCUT2D eigenvalue weighted by molar-refractivity contribution is 9.10. The van der Waals surface area contributed by atoms with E-state index in [0.717, 1.165) is 16.8 Å². The van der Waals surface area contributed by atoms with Crippen molar-refractivity contribution >= 4 is 38.0 Å². The second-order valence-corrected chi connectivity index (χ2v) is 7.01. The fourth-order valence-corrected chi connectivity index (χ4v) is 3.53. The van der Waals surface area contributed by atoms with Crippen LogP contribution >= 0.6 is 27.3 Å². The van der Waals surface area contributed by atoms with E-state index in [-0.39, 0.29) is 0 Å². The van der Waals surface area contributed by atoms with Crippen LogP contribution in [-0.4, -0.2) is 7.05 Å². The summed E-state index contributed by atoms with van der Waals surface area (Å²) in [5.74, 6) is 0.911. The Morgan fingerprint density at radius 3 is 2.62 bits per heavy atom. The van der Waals surface area contributed by atoms with Crippen LogP contribution in [0.1, 0.15) is 9.75 Å². The molecule has 1 aromatic heterocycles. The molecule has 0 amide bonds. The fourth-order valence-electron chi connectivity index (χ4n) is 2.21. The molecule has 3 aromatic rings. The second-order valence-electron chi connectivity index (χ2n) is 4.84. The predicted octanol–water partition coefficient (Wildman–Crippen LogP) is 4.96. The Balaban J connectivity index is 1.70. The summed E-state index contributed by atoms with van der Waals surface area (Å²) in [6, 6.07) is 16.8. The van der Waals surface area contributed by atoms with Gasteiger partial charge in [0, 0.05) is 20.8 Å². The minimum Gasteiger partial charge on any atom is -0.488 e. The molecule has 0 atom stereocenters. The van der Waals surface area contributed by atoms with E-state index in [1.54, 1.807) is 11.3 Å². The van der Waals surface area contributed by atoms with Gasteiger partial charge >= 0.3 is 0 Å². The number of benzene rings is 2. The molecule has 108 valence electrons. The molecule has 1 heterocycles. The molecule has 0 aliphatic rings. The van der Waals surface area contributed by atoms with Gasteiger partial charge in [0.25, 0.3) is 0 Å². The number of hydrogen-bond acceptors (Lipinski definition) is 3. The van der Waals surface area contributed by atoms with E-state index in [0.29, 0.717) is 6.61 Å². The molecular weight excluding hydrogens is 346 g/mol. The zero-order valence-corrected chi connectivity index (χ0v) is 14.1. The third-order valence-electron chi connectivity index (χ3n) is 3.22. The topological polar surface area (TPSA) is 21.3 Å². The third kappa shape index (κ3) is 3.64. The normalized spacial score (nSPS) is 11.0. The number of halogens is 1. The SMILES string of the molecule is CNCc1ccc(COc2ccc3cc(Br)ccc3c2)s1. The first-order valence-electron chi connectivity index (χ1n) is 6.79. The quantitative estimate of drug-likeness (QED) is 0.693. The lowest BCUT2D eigenvalue weighted by atomic mass is 10.1. The van der Waals surface area contributed by atoms with Crippen molar-refractivity contribution < 1.29 is 4.74 Å². The van der Waals surface area contributed by atoms with Crippen molar-refractivity contribution in [1.29, 1.82) is 0 Å². The van der Waals surface area contributed by atoms with Crippen molar-refractivity contribution in [2.45, 2.75) is 13.2 Å². The van der Waals surface area contributed by atoms with Crippen LogP contribution in [0.5, 0.6) is 5.75 Å². The standard InChI is InChI=1S/C17H16BrNOS/c1-19-10-16-6-7-17(21-16)11-20-15-5-3-12-8-14(18)4-2-13(12)9-15/h2-9,19H,10-11H2,1H3. The van der Waals surface area contributed by atoms with E-state index < -0.39 is 0 Å². The van der Waals surface area contributed by atoms with Crippen LogP contribution in [-0.2, 0) is 13.2 Å². The molecule has 2 nitrogen and oxygen atoms in total. The highest BCUT2D eigenvalue weighted by Gasteiger charge is 2.02. The summed E-state index contributed by atoms with van der Waals surface area (Å²) >= 11 is 5.28. The summed E-state index contributed by atoms with van der Waals surface area (Å²) in [5.41, 5.74) is 0. The van der Waals surface area contributed by atoms with Crippen molar-refractivity contribution in [3.8, 4) is 5.75 Å². The van der Waals surface area contributed by atoms with Crippen molar-refractivity contribution in [2.75, 3.05) is 7.05 Å². The summed E-state index contributed by atoms with van der Waals surface area (Å²) in [4.78, 5) is 2.58. The monoisotopic (exact) mass is 361 g/mol. The Morgan fingerprint density at radius 2 is 1.76 bits per heavy atom. The van der Waals surface area contributed by atoms with Gasteiger partial charge in [-0.3, -0.25) is 0 Å². The predicted molar refractivity (Wildman–Crippen MR) is 93.1 cm³/mol. The summed E-state index contributed by atoms with van der Waals surface area (Å²) in [5, 5.41) is 5.57. The molecule has 21 heavy (non-hydrogen) atoms. The molecule has 0 saturated carbocycles. The van der Waals surface area contributed by atoms with Crippen LogP contribution in [0.3, 0.4) is 0 Å². The minimum absolute atomic E-state index is 0.621. The van der Waals surface area contributed by atoms with E-state index in [1.165, 1.54) is 20.5 Å². The van der Waals surface area contributed by atoms with Crippen LogP contribution in [0.2, 0.25) is 0 Å². The van der Waals surface area contributed by atoms with Crippen LogP contribution in [0.25, 0.3) is 10.8 Å². The van der Waals surface area contributed by atoms with Crippen molar-refractivity contribution in [1.82, 2.24) is 5.32 Å². The highest BCUT2D eigenvalue weighted by Crippen LogP contribution is 2.25. The first-order chi connectivity index (χ1) is 10.2. The van der Waals surface area contributed by atoms with E-state index in [2.05, 4.69) is 63.7 Å². The number of ether oxygens (including phenoxy) is 1. The Hall–Kier alpha value is -1.36. The molecule has 3 rings (SSSR count). The molecular formula is C17H16BrNOS. The third-order valence-corrected chi connectivity index (χ3v) is 4.78. The van der Waals surface area contributed by atoms with Gasteiger partial charge < -0.3 is 10.1 Å². The summed E-state index contributed by atoms with van der Waals surface area (Å²) in [6.07, 6.45) is 0. The Labute approximate surface area is 136 Å².